The van der Waals surface area contributed by atoms with Gasteiger partial charge in [0.05, 0.1) is 15.6 Å². The Morgan fingerprint density at radius 1 is 0.966 bits per heavy atom. The Morgan fingerprint density at radius 2 is 1.69 bits per heavy atom. The number of anilines is 1. The first-order valence-corrected chi connectivity index (χ1v) is 10.8. The van der Waals surface area contributed by atoms with Gasteiger partial charge in [0.25, 0.3) is 5.91 Å². The number of amides is 1. The predicted molar refractivity (Wildman–Crippen MR) is 116 cm³/mol. The van der Waals surface area contributed by atoms with E-state index in [0.717, 1.165) is 11.1 Å². The lowest BCUT2D eigenvalue weighted by Gasteiger charge is -2.12. The van der Waals surface area contributed by atoms with Crippen LogP contribution in [0.3, 0.4) is 0 Å². The Labute approximate surface area is 175 Å². The highest BCUT2D eigenvalue weighted by Crippen LogP contribution is 2.24. The minimum atomic E-state index is -3.79. The number of hydrogen-bond donors (Lipinski definition) is 2. The van der Waals surface area contributed by atoms with E-state index in [4.69, 9.17) is 11.6 Å². The van der Waals surface area contributed by atoms with Crippen LogP contribution in [-0.4, -0.2) is 14.3 Å². The average molecular weight is 429 g/mol. The molecular weight excluding hydrogens is 408 g/mol. The van der Waals surface area contributed by atoms with Crippen LogP contribution in [0, 0.1) is 13.8 Å². The number of carbonyl (C=O) groups is 1. The zero-order valence-electron chi connectivity index (χ0n) is 16.1. The maximum absolute atomic E-state index is 12.8. The number of aryl methyl sites for hydroxylation is 2. The van der Waals surface area contributed by atoms with E-state index in [9.17, 15) is 13.2 Å². The lowest BCUT2D eigenvalue weighted by Crippen LogP contribution is -2.24. The molecule has 1 amide bonds. The van der Waals surface area contributed by atoms with Gasteiger partial charge in [-0.15, -0.1) is 0 Å². The molecule has 0 atom stereocenters. The second-order valence-electron chi connectivity index (χ2n) is 6.73. The number of rotatable bonds is 6. The summed E-state index contributed by atoms with van der Waals surface area (Å²) in [7, 11) is -3.79. The molecule has 5 nitrogen and oxygen atoms in total. The van der Waals surface area contributed by atoms with Crippen molar-refractivity contribution in [3.63, 3.8) is 0 Å². The molecule has 0 heterocycles. The zero-order valence-corrected chi connectivity index (χ0v) is 17.6. The van der Waals surface area contributed by atoms with Crippen molar-refractivity contribution in [3.05, 3.63) is 94.0 Å². The molecule has 0 radical (unpaired) electrons. The molecule has 0 spiro atoms. The van der Waals surface area contributed by atoms with E-state index < -0.39 is 15.9 Å². The fourth-order valence-corrected chi connectivity index (χ4v) is 4.37. The Morgan fingerprint density at radius 3 is 2.38 bits per heavy atom. The van der Waals surface area contributed by atoms with Gasteiger partial charge < -0.3 is 5.32 Å². The normalized spacial score (nSPS) is 11.3. The Kier molecular flexibility index (Phi) is 6.37. The minimum Gasteiger partial charge on any atom is -0.321 e. The highest BCUT2D eigenvalue weighted by molar-refractivity contribution is 7.89. The number of halogens is 1. The van der Waals surface area contributed by atoms with Crippen LogP contribution in [0.25, 0.3) is 0 Å². The van der Waals surface area contributed by atoms with Crippen molar-refractivity contribution >= 4 is 33.2 Å². The van der Waals surface area contributed by atoms with Gasteiger partial charge in [0.1, 0.15) is 0 Å². The molecule has 3 aromatic carbocycles. The van der Waals surface area contributed by atoms with Crippen molar-refractivity contribution in [2.45, 2.75) is 25.3 Å². The molecule has 0 aliphatic carbocycles. The molecule has 2 N–H and O–H groups in total. The number of hydrogen-bond acceptors (Lipinski definition) is 3. The maximum Gasteiger partial charge on any atom is 0.255 e. The summed E-state index contributed by atoms with van der Waals surface area (Å²) in [4.78, 5) is 12.7. The molecule has 7 heteroatoms. The van der Waals surface area contributed by atoms with Crippen LogP contribution in [-0.2, 0) is 16.6 Å². The molecule has 0 aliphatic rings. The molecule has 3 rings (SSSR count). The molecule has 0 saturated carbocycles. The number of carbonyl (C=O) groups excluding carboxylic acids is 1. The third-order valence-corrected chi connectivity index (χ3v) is 6.28. The zero-order chi connectivity index (χ0) is 21.0. The van der Waals surface area contributed by atoms with E-state index in [1.165, 1.54) is 6.07 Å². The lowest BCUT2D eigenvalue weighted by atomic mass is 10.1. The second kappa shape index (κ2) is 8.78. The van der Waals surface area contributed by atoms with Gasteiger partial charge in [-0.2, -0.15) is 0 Å². The molecular formula is C22H21ClN2O3S. The summed E-state index contributed by atoms with van der Waals surface area (Å²) in [5, 5.41) is 3.14. The fourth-order valence-electron chi connectivity index (χ4n) is 2.80. The van der Waals surface area contributed by atoms with Crippen LogP contribution in [0.15, 0.2) is 71.6 Å². The van der Waals surface area contributed by atoms with E-state index in [1.54, 1.807) is 31.2 Å². The van der Waals surface area contributed by atoms with Gasteiger partial charge in [-0.3, -0.25) is 4.79 Å². The van der Waals surface area contributed by atoms with E-state index in [1.807, 2.05) is 43.3 Å². The minimum absolute atomic E-state index is 0.0658. The van der Waals surface area contributed by atoms with E-state index in [0.29, 0.717) is 16.3 Å². The van der Waals surface area contributed by atoms with Gasteiger partial charge in [0, 0.05) is 12.1 Å². The van der Waals surface area contributed by atoms with Crippen molar-refractivity contribution in [1.82, 2.24) is 4.72 Å². The van der Waals surface area contributed by atoms with Crippen LogP contribution in [0.5, 0.6) is 0 Å². The third kappa shape index (κ3) is 5.23. The van der Waals surface area contributed by atoms with Gasteiger partial charge >= 0.3 is 0 Å². The van der Waals surface area contributed by atoms with Crippen LogP contribution in [0.2, 0.25) is 5.02 Å². The summed E-state index contributed by atoms with van der Waals surface area (Å²) in [6.07, 6.45) is 0. The molecule has 0 bridgehead atoms. The van der Waals surface area contributed by atoms with Gasteiger partial charge in [-0.1, -0.05) is 54.1 Å². The lowest BCUT2D eigenvalue weighted by molar-refractivity contribution is 0.102. The smallest absolute Gasteiger partial charge is 0.255 e. The first-order chi connectivity index (χ1) is 13.8. The fraction of sp³-hybridized carbons (Fsp3) is 0.136. The van der Waals surface area contributed by atoms with Crippen molar-refractivity contribution in [1.29, 1.82) is 0 Å². The van der Waals surface area contributed by atoms with E-state index in [2.05, 4.69) is 10.0 Å². The van der Waals surface area contributed by atoms with Crippen LogP contribution >= 0.6 is 11.6 Å². The highest BCUT2D eigenvalue weighted by atomic mass is 35.5. The summed E-state index contributed by atoms with van der Waals surface area (Å²) < 4.78 is 28.2. The van der Waals surface area contributed by atoms with Crippen molar-refractivity contribution in [2.75, 3.05) is 5.32 Å². The summed E-state index contributed by atoms with van der Waals surface area (Å²) in [6.45, 7) is 3.75. The summed E-state index contributed by atoms with van der Waals surface area (Å²) in [5.41, 5.74) is 3.06. The van der Waals surface area contributed by atoms with E-state index >= 15 is 0 Å². The van der Waals surface area contributed by atoms with Crippen molar-refractivity contribution in [2.24, 2.45) is 0 Å². The summed E-state index contributed by atoms with van der Waals surface area (Å²) >= 11 is 6.17. The van der Waals surface area contributed by atoms with Crippen LogP contribution in [0.1, 0.15) is 27.0 Å². The predicted octanol–water partition coefficient (Wildman–Crippen LogP) is 4.69. The monoisotopic (exact) mass is 428 g/mol. The molecule has 0 unspecified atom stereocenters. The van der Waals surface area contributed by atoms with Gasteiger partial charge in [-0.05, 0) is 54.8 Å². The molecule has 29 heavy (non-hydrogen) atoms. The van der Waals surface area contributed by atoms with Gasteiger partial charge in [-0.25, -0.2) is 13.1 Å². The Bertz CT molecular complexity index is 1150. The molecule has 150 valence electrons. The third-order valence-electron chi connectivity index (χ3n) is 4.42. The molecule has 0 aliphatic heterocycles. The second-order valence-corrected chi connectivity index (χ2v) is 8.87. The molecule has 3 aromatic rings. The van der Waals surface area contributed by atoms with E-state index in [-0.39, 0.29) is 17.0 Å². The standard InChI is InChI=1S/C22H21ClN2O3S/c1-15-8-11-20(19(23)12-15)25-22(26)18-10-9-16(2)21(13-18)29(27,28)24-14-17-6-4-3-5-7-17/h3-13,24H,14H2,1-2H3,(H,25,26). The first-order valence-electron chi connectivity index (χ1n) is 8.98. The average Bonchev–Trinajstić information content (AvgIpc) is 2.69. The molecule has 0 aromatic heterocycles. The summed E-state index contributed by atoms with van der Waals surface area (Å²) in [5.74, 6) is -0.435. The van der Waals surface area contributed by atoms with Gasteiger partial charge in [0.2, 0.25) is 10.0 Å². The molecule has 0 saturated heterocycles. The number of sulfonamides is 1. The maximum atomic E-state index is 12.8. The number of benzene rings is 3. The number of nitrogens with one attached hydrogen (secondary N) is 2. The van der Waals surface area contributed by atoms with Crippen LogP contribution in [0.4, 0.5) is 5.69 Å². The Balaban J connectivity index is 1.82. The topological polar surface area (TPSA) is 75.3 Å². The quantitative estimate of drug-likeness (QED) is 0.598. The van der Waals surface area contributed by atoms with Crippen LogP contribution < -0.4 is 10.0 Å². The van der Waals surface area contributed by atoms with Gasteiger partial charge in [0.15, 0.2) is 0 Å². The Hall–Kier alpha value is -2.67. The first kappa shape index (κ1) is 21.0. The van der Waals surface area contributed by atoms with Crippen molar-refractivity contribution in [3.8, 4) is 0 Å². The summed E-state index contributed by atoms with van der Waals surface area (Å²) in [6, 6.07) is 19.1. The highest BCUT2D eigenvalue weighted by Gasteiger charge is 2.19. The SMILES string of the molecule is Cc1ccc(NC(=O)c2ccc(C)c(S(=O)(=O)NCc3ccccc3)c2)c(Cl)c1. The van der Waals surface area contributed by atoms with Crippen molar-refractivity contribution < 1.29 is 13.2 Å². The largest absolute Gasteiger partial charge is 0.321 e. The molecule has 0 fully saturated rings.